The molecule has 0 radical (unpaired) electrons. The first-order chi connectivity index (χ1) is 6.38. The Morgan fingerprint density at radius 2 is 2.08 bits per heavy atom. The van der Waals surface area contributed by atoms with Crippen LogP contribution in [0.25, 0.3) is 0 Å². The largest absolute Gasteiger partial charge is 0.133 e. The summed E-state index contributed by atoms with van der Waals surface area (Å²) in [6.07, 6.45) is 2.98. The maximum atomic E-state index is 3.56. The number of allylic oxidation sites excluding steroid dienone is 1. The van der Waals surface area contributed by atoms with Crippen molar-refractivity contribution < 1.29 is 0 Å². The SMILES string of the molecule is C=C=CCC(CBr)c1ccccc1. The molecule has 1 aromatic carbocycles. The van der Waals surface area contributed by atoms with Crippen molar-refractivity contribution in [2.45, 2.75) is 12.3 Å². The Labute approximate surface area is 88.1 Å². The van der Waals surface area contributed by atoms with Crippen LogP contribution in [-0.4, -0.2) is 5.33 Å². The molecule has 1 atom stereocenters. The minimum Gasteiger partial charge on any atom is -0.133 e. The van der Waals surface area contributed by atoms with Gasteiger partial charge in [0.2, 0.25) is 0 Å². The van der Waals surface area contributed by atoms with Crippen LogP contribution in [0.4, 0.5) is 0 Å². The molecule has 0 bridgehead atoms. The second-order valence-corrected chi connectivity index (χ2v) is 3.55. The molecule has 1 rings (SSSR count). The monoisotopic (exact) mass is 236 g/mol. The highest BCUT2D eigenvalue weighted by molar-refractivity contribution is 9.09. The normalized spacial score (nSPS) is 11.8. The smallest absolute Gasteiger partial charge is 0.0103 e. The van der Waals surface area contributed by atoms with Crippen molar-refractivity contribution in [1.29, 1.82) is 0 Å². The van der Waals surface area contributed by atoms with Crippen LogP contribution in [0.2, 0.25) is 0 Å². The summed E-state index contributed by atoms with van der Waals surface area (Å²) in [6, 6.07) is 10.5. The van der Waals surface area contributed by atoms with E-state index in [2.05, 4.69) is 52.5 Å². The van der Waals surface area contributed by atoms with E-state index in [9.17, 15) is 0 Å². The summed E-state index contributed by atoms with van der Waals surface area (Å²) in [7, 11) is 0. The van der Waals surface area contributed by atoms with Gasteiger partial charge < -0.3 is 0 Å². The van der Waals surface area contributed by atoms with E-state index in [1.165, 1.54) is 5.56 Å². The molecule has 0 saturated carbocycles. The molecule has 0 aromatic heterocycles. The van der Waals surface area contributed by atoms with E-state index in [0.29, 0.717) is 5.92 Å². The maximum Gasteiger partial charge on any atom is 0.0103 e. The third-order valence-electron chi connectivity index (χ3n) is 2.00. The fourth-order valence-corrected chi connectivity index (χ4v) is 1.88. The minimum atomic E-state index is 0.537. The Bertz CT molecular complexity index is 283. The fraction of sp³-hybridized carbons (Fsp3) is 0.250. The van der Waals surface area contributed by atoms with Gasteiger partial charge in [-0.1, -0.05) is 52.8 Å². The van der Waals surface area contributed by atoms with Crippen molar-refractivity contribution in [3.8, 4) is 0 Å². The zero-order valence-corrected chi connectivity index (χ0v) is 9.13. The van der Waals surface area contributed by atoms with Gasteiger partial charge in [0.1, 0.15) is 0 Å². The van der Waals surface area contributed by atoms with Crippen molar-refractivity contribution >= 4 is 15.9 Å². The Balaban J connectivity index is 2.72. The second kappa shape index (κ2) is 5.80. The highest BCUT2D eigenvalue weighted by atomic mass is 79.9. The van der Waals surface area contributed by atoms with Crippen molar-refractivity contribution in [2.75, 3.05) is 5.33 Å². The van der Waals surface area contributed by atoms with Crippen molar-refractivity contribution in [2.24, 2.45) is 0 Å². The quantitative estimate of drug-likeness (QED) is 0.550. The molecule has 0 aliphatic carbocycles. The molecular weight excluding hydrogens is 224 g/mol. The molecule has 1 aromatic rings. The highest BCUT2D eigenvalue weighted by Crippen LogP contribution is 2.21. The van der Waals surface area contributed by atoms with Gasteiger partial charge in [-0.25, -0.2) is 0 Å². The maximum absolute atomic E-state index is 3.56. The second-order valence-electron chi connectivity index (χ2n) is 2.91. The Kier molecular flexibility index (Phi) is 4.59. The molecule has 0 amide bonds. The molecule has 0 nitrogen and oxygen atoms in total. The molecule has 0 aliphatic rings. The molecule has 0 saturated heterocycles. The number of halogens is 1. The number of hydrogen-bond acceptors (Lipinski definition) is 0. The lowest BCUT2D eigenvalue weighted by atomic mass is 9.98. The minimum absolute atomic E-state index is 0.537. The third kappa shape index (κ3) is 3.22. The third-order valence-corrected chi connectivity index (χ3v) is 2.79. The van der Waals surface area contributed by atoms with E-state index < -0.39 is 0 Å². The van der Waals surface area contributed by atoms with Crippen molar-refractivity contribution in [3.05, 3.63) is 54.3 Å². The van der Waals surface area contributed by atoms with E-state index in [0.717, 1.165) is 11.8 Å². The van der Waals surface area contributed by atoms with Crippen LogP contribution in [-0.2, 0) is 0 Å². The van der Waals surface area contributed by atoms with Crippen LogP contribution in [0.5, 0.6) is 0 Å². The number of rotatable bonds is 4. The lowest BCUT2D eigenvalue weighted by molar-refractivity contribution is 0.799. The number of alkyl halides is 1. The summed E-state index contributed by atoms with van der Waals surface area (Å²) in [6.45, 7) is 3.56. The summed E-state index contributed by atoms with van der Waals surface area (Å²) in [5, 5.41) is 0.981. The average molecular weight is 237 g/mol. The zero-order valence-electron chi connectivity index (χ0n) is 7.54. The summed E-state index contributed by atoms with van der Waals surface area (Å²) in [4.78, 5) is 0. The number of hydrogen-bond donors (Lipinski definition) is 0. The number of benzene rings is 1. The topological polar surface area (TPSA) is 0 Å². The Morgan fingerprint density at radius 3 is 2.62 bits per heavy atom. The summed E-state index contributed by atoms with van der Waals surface area (Å²) >= 11 is 3.51. The molecule has 0 aliphatic heterocycles. The van der Waals surface area contributed by atoms with Crippen LogP contribution in [0, 0.1) is 0 Å². The van der Waals surface area contributed by atoms with Crippen molar-refractivity contribution in [3.63, 3.8) is 0 Å². The van der Waals surface area contributed by atoms with Crippen LogP contribution in [0.1, 0.15) is 17.9 Å². The van der Waals surface area contributed by atoms with E-state index in [1.54, 1.807) is 0 Å². The first kappa shape index (κ1) is 10.3. The molecule has 0 N–H and O–H groups in total. The van der Waals surface area contributed by atoms with Gasteiger partial charge in [0.25, 0.3) is 0 Å². The van der Waals surface area contributed by atoms with Crippen LogP contribution in [0.3, 0.4) is 0 Å². The van der Waals surface area contributed by atoms with Gasteiger partial charge in [-0.3, -0.25) is 0 Å². The fourth-order valence-electron chi connectivity index (χ4n) is 1.24. The molecule has 68 valence electrons. The van der Waals surface area contributed by atoms with Crippen LogP contribution >= 0.6 is 15.9 Å². The molecule has 1 heteroatoms. The van der Waals surface area contributed by atoms with E-state index in [1.807, 2.05) is 12.1 Å². The van der Waals surface area contributed by atoms with E-state index >= 15 is 0 Å². The van der Waals surface area contributed by atoms with Gasteiger partial charge in [0.05, 0.1) is 0 Å². The molecule has 0 fully saturated rings. The van der Waals surface area contributed by atoms with Crippen LogP contribution < -0.4 is 0 Å². The Hall–Kier alpha value is -0.780. The van der Waals surface area contributed by atoms with Gasteiger partial charge in [-0.15, -0.1) is 5.73 Å². The predicted molar refractivity (Wildman–Crippen MR) is 61.3 cm³/mol. The lowest BCUT2D eigenvalue weighted by Crippen LogP contribution is -1.97. The summed E-state index contributed by atoms with van der Waals surface area (Å²) < 4.78 is 0. The van der Waals surface area contributed by atoms with Gasteiger partial charge in [0.15, 0.2) is 0 Å². The standard InChI is InChI=1S/C12H13Br/c1-2-3-7-12(10-13)11-8-5-4-6-9-11/h3-6,8-9,12H,1,7,10H2. The van der Waals surface area contributed by atoms with Gasteiger partial charge >= 0.3 is 0 Å². The lowest BCUT2D eigenvalue weighted by Gasteiger charge is -2.10. The van der Waals surface area contributed by atoms with Gasteiger partial charge in [0, 0.05) is 5.33 Å². The molecular formula is C12H13Br. The van der Waals surface area contributed by atoms with Gasteiger partial charge in [-0.05, 0) is 24.0 Å². The molecule has 0 spiro atoms. The molecule has 0 heterocycles. The first-order valence-corrected chi connectivity index (χ1v) is 5.46. The van der Waals surface area contributed by atoms with E-state index in [4.69, 9.17) is 0 Å². The predicted octanol–water partition coefficient (Wildman–Crippen LogP) is 3.90. The highest BCUT2D eigenvalue weighted by Gasteiger charge is 2.06. The van der Waals surface area contributed by atoms with Crippen molar-refractivity contribution in [1.82, 2.24) is 0 Å². The summed E-state index contributed by atoms with van der Waals surface area (Å²) in [5.74, 6) is 0.537. The van der Waals surface area contributed by atoms with Crippen LogP contribution in [0.15, 0.2) is 48.7 Å². The summed E-state index contributed by atoms with van der Waals surface area (Å²) in [5.41, 5.74) is 4.17. The molecule has 13 heavy (non-hydrogen) atoms. The Morgan fingerprint density at radius 1 is 1.38 bits per heavy atom. The van der Waals surface area contributed by atoms with Gasteiger partial charge in [-0.2, -0.15) is 0 Å². The molecule has 1 unspecified atom stereocenters. The average Bonchev–Trinajstić information content (AvgIpc) is 2.21. The first-order valence-electron chi connectivity index (χ1n) is 4.33. The zero-order chi connectivity index (χ0) is 9.52. The van der Waals surface area contributed by atoms with E-state index in [-0.39, 0.29) is 0 Å².